The van der Waals surface area contributed by atoms with Crippen LogP contribution in [-0.4, -0.2) is 26.7 Å². The Morgan fingerprint density at radius 1 is 1.28 bits per heavy atom. The lowest BCUT2D eigenvalue weighted by atomic mass is 10.2. The van der Waals surface area contributed by atoms with E-state index in [0.717, 1.165) is 17.4 Å². The number of anilines is 1. The van der Waals surface area contributed by atoms with Gasteiger partial charge in [0.05, 0.1) is 36.9 Å². The molecule has 1 aromatic carbocycles. The van der Waals surface area contributed by atoms with E-state index >= 15 is 0 Å². The second-order valence-corrected chi connectivity index (χ2v) is 5.77. The summed E-state index contributed by atoms with van der Waals surface area (Å²) in [5.74, 6) is -0.616. The Balaban J connectivity index is 1.88. The van der Waals surface area contributed by atoms with Gasteiger partial charge < -0.3 is 10.1 Å². The fraction of sp³-hybridized carbons (Fsp3) is 0.294. The van der Waals surface area contributed by atoms with Gasteiger partial charge in [0.15, 0.2) is 11.6 Å². The number of nitrogens with zero attached hydrogens (tertiary/aromatic N) is 4. The molecular formula is C17H19F2N5O. The fourth-order valence-corrected chi connectivity index (χ4v) is 2.69. The second-order valence-electron chi connectivity index (χ2n) is 5.77. The molecule has 6 nitrogen and oxygen atoms in total. The topological polar surface area (TPSA) is 56.9 Å². The molecule has 0 radical (unpaired) electrons. The van der Waals surface area contributed by atoms with Crippen molar-refractivity contribution >= 4 is 5.69 Å². The first kappa shape index (κ1) is 16.9. The van der Waals surface area contributed by atoms with Crippen LogP contribution in [-0.2, 0) is 7.05 Å². The summed E-state index contributed by atoms with van der Waals surface area (Å²) in [7, 11) is 3.41. The van der Waals surface area contributed by atoms with E-state index < -0.39 is 11.6 Å². The van der Waals surface area contributed by atoms with Crippen LogP contribution in [0.4, 0.5) is 14.5 Å². The Hall–Kier alpha value is -2.90. The van der Waals surface area contributed by atoms with Crippen LogP contribution in [0.2, 0.25) is 0 Å². The monoisotopic (exact) mass is 347 g/mol. The molecule has 1 unspecified atom stereocenters. The van der Waals surface area contributed by atoms with Crippen LogP contribution in [0.3, 0.4) is 0 Å². The highest BCUT2D eigenvalue weighted by atomic mass is 19.1. The highest BCUT2D eigenvalue weighted by Crippen LogP contribution is 2.28. The van der Waals surface area contributed by atoms with Crippen LogP contribution in [0.15, 0.2) is 30.6 Å². The molecule has 0 amide bonds. The molecule has 0 fully saturated rings. The van der Waals surface area contributed by atoms with Crippen molar-refractivity contribution in [3.8, 4) is 11.4 Å². The largest absolute Gasteiger partial charge is 0.493 e. The number of hydrogen-bond donors (Lipinski definition) is 1. The van der Waals surface area contributed by atoms with E-state index in [4.69, 9.17) is 4.74 Å². The molecule has 2 aromatic heterocycles. The quantitative estimate of drug-likeness (QED) is 0.769. The van der Waals surface area contributed by atoms with Gasteiger partial charge >= 0.3 is 0 Å². The number of nitrogens with one attached hydrogen (secondary N) is 1. The van der Waals surface area contributed by atoms with Gasteiger partial charge in [0.25, 0.3) is 0 Å². The molecule has 3 rings (SSSR count). The van der Waals surface area contributed by atoms with Crippen molar-refractivity contribution < 1.29 is 13.5 Å². The Morgan fingerprint density at radius 3 is 2.72 bits per heavy atom. The molecule has 0 spiro atoms. The van der Waals surface area contributed by atoms with Gasteiger partial charge in [-0.25, -0.2) is 13.5 Å². The first-order chi connectivity index (χ1) is 11.9. The van der Waals surface area contributed by atoms with Crippen molar-refractivity contribution in [1.29, 1.82) is 0 Å². The lowest BCUT2D eigenvalue weighted by Crippen LogP contribution is -2.10. The average Bonchev–Trinajstić information content (AvgIpc) is 3.11. The maximum absolute atomic E-state index is 14.0. The Labute approximate surface area is 144 Å². The molecular weight excluding hydrogens is 328 g/mol. The van der Waals surface area contributed by atoms with E-state index in [2.05, 4.69) is 15.5 Å². The third-order valence-corrected chi connectivity index (χ3v) is 3.97. The van der Waals surface area contributed by atoms with Gasteiger partial charge in [-0.05, 0) is 26.0 Å². The molecule has 1 N–H and O–H groups in total. The predicted molar refractivity (Wildman–Crippen MR) is 90.0 cm³/mol. The number of ether oxygens (including phenoxy) is 1. The van der Waals surface area contributed by atoms with Crippen LogP contribution in [0.5, 0.6) is 5.75 Å². The van der Waals surface area contributed by atoms with Crippen molar-refractivity contribution in [3.63, 3.8) is 0 Å². The van der Waals surface area contributed by atoms with Crippen LogP contribution < -0.4 is 10.1 Å². The molecule has 8 heteroatoms. The third kappa shape index (κ3) is 3.19. The van der Waals surface area contributed by atoms with Crippen LogP contribution in [0, 0.1) is 18.6 Å². The Kier molecular flexibility index (Phi) is 4.43. The molecule has 3 aromatic rings. The minimum atomic E-state index is -0.669. The lowest BCUT2D eigenvalue weighted by molar-refractivity contribution is 0.407. The normalized spacial score (nSPS) is 12.2. The van der Waals surface area contributed by atoms with Crippen molar-refractivity contribution in [2.24, 2.45) is 7.05 Å². The van der Waals surface area contributed by atoms with Gasteiger partial charge in [-0.2, -0.15) is 10.2 Å². The summed E-state index contributed by atoms with van der Waals surface area (Å²) in [6.07, 6.45) is 3.39. The second kappa shape index (κ2) is 6.54. The standard InChI is InChI=1S/C17H19F2N5O/c1-10(17-16(25-4)9-23(3)22-17)21-14-8-20-24(11(14)2)15-6-5-12(18)7-13(15)19/h5-10,21H,1-4H3. The van der Waals surface area contributed by atoms with E-state index in [0.29, 0.717) is 11.4 Å². The molecule has 1 atom stereocenters. The molecule has 0 aliphatic rings. The maximum atomic E-state index is 14.0. The Morgan fingerprint density at radius 2 is 2.04 bits per heavy atom. The molecule has 0 bridgehead atoms. The summed E-state index contributed by atoms with van der Waals surface area (Å²) in [4.78, 5) is 0. The third-order valence-electron chi connectivity index (χ3n) is 3.97. The summed E-state index contributed by atoms with van der Waals surface area (Å²) in [5.41, 5.74) is 2.37. The van der Waals surface area contributed by atoms with Gasteiger partial charge in [-0.15, -0.1) is 0 Å². The number of rotatable bonds is 5. The lowest BCUT2D eigenvalue weighted by Gasteiger charge is -2.14. The molecule has 2 heterocycles. The SMILES string of the molecule is COc1cn(C)nc1C(C)Nc1cnn(-c2ccc(F)cc2F)c1C. The van der Waals surface area contributed by atoms with Crippen LogP contribution in [0.1, 0.15) is 24.4 Å². The molecule has 25 heavy (non-hydrogen) atoms. The number of methoxy groups -OCH3 is 1. The van der Waals surface area contributed by atoms with Crippen molar-refractivity contribution in [3.05, 3.63) is 53.6 Å². The molecule has 0 saturated carbocycles. The van der Waals surface area contributed by atoms with E-state index in [-0.39, 0.29) is 11.7 Å². The zero-order chi connectivity index (χ0) is 18.1. The first-order valence-corrected chi connectivity index (χ1v) is 7.74. The number of halogens is 2. The summed E-state index contributed by atoms with van der Waals surface area (Å²) in [6.45, 7) is 3.75. The zero-order valence-electron chi connectivity index (χ0n) is 14.4. The van der Waals surface area contributed by atoms with Gasteiger partial charge in [0, 0.05) is 13.1 Å². The number of benzene rings is 1. The maximum Gasteiger partial charge on any atom is 0.162 e. The fourth-order valence-electron chi connectivity index (χ4n) is 2.69. The van der Waals surface area contributed by atoms with Gasteiger partial charge in [-0.3, -0.25) is 4.68 Å². The van der Waals surface area contributed by atoms with E-state index in [9.17, 15) is 8.78 Å². The van der Waals surface area contributed by atoms with Crippen molar-refractivity contribution in [2.75, 3.05) is 12.4 Å². The first-order valence-electron chi connectivity index (χ1n) is 7.74. The molecule has 0 aliphatic carbocycles. The van der Waals surface area contributed by atoms with Crippen molar-refractivity contribution in [2.45, 2.75) is 19.9 Å². The van der Waals surface area contributed by atoms with E-state index in [1.165, 1.54) is 16.8 Å². The number of hydrogen-bond acceptors (Lipinski definition) is 4. The number of aromatic nitrogens is 4. The summed E-state index contributed by atoms with van der Waals surface area (Å²) >= 11 is 0. The van der Waals surface area contributed by atoms with E-state index in [1.807, 2.05) is 14.0 Å². The van der Waals surface area contributed by atoms with Gasteiger partial charge in [-0.1, -0.05) is 0 Å². The van der Waals surface area contributed by atoms with Gasteiger partial charge in [0.2, 0.25) is 0 Å². The molecule has 0 saturated heterocycles. The minimum Gasteiger partial charge on any atom is -0.493 e. The summed E-state index contributed by atoms with van der Waals surface area (Å²) in [5, 5.41) is 11.9. The summed E-state index contributed by atoms with van der Waals surface area (Å²) < 4.78 is 35.5. The number of aryl methyl sites for hydroxylation is 1. The molecule has 132 valence electrons. The minimum absolute atomic E-state index is 0.148. The van der Waals surface area contributed by atoms with Crippen molar-refractivity contribution in [1.82, 2.24) is 19.6 Å². The van der Waals surface area contributed by atoms with Crippen LogP contribution in [0.25, 0.3) is 5.69 Å². The van der Waals surface area contributed by atoms with Crippen LogP contribution >= 0.6 is 0 Å². The highest BCUT2D eigenvalue weighted by molar-refractivity contribution is 5.51. The molecule has 0 aliphatic heterocycles. The zero-order valence-corrected chi connectivity index (χ0v) is 14.4. The smallest absolute Gasteiger partial charge is 0.162 e. The average molecular weight is 347 g/mol. The van der Waals surface area contributed by atoms with Gasteiger partial charge in [0.1, 0.15) is 17.2 Å². The van der Waals surface area contributed by atoms with E-state index in [1.54, 1.807) is 31.1 Å². The highest BCUT2D eigenvalue weighted by Gasteiger charge is 2.19. The predicted octanol–water partition coefficient (Wildman–Crippen LogP) is 3.37. The summed E-state index contributed by atoms with van der Waals surface area (Å²) in [6, 6.07) is 3.25. The Bertz CT molecular complexity index is 903.